The van der Waals surface area contributed by atoms with E-state index in [1.54, 1.807) is 6.07 Å². The second-order valence-electron chi connectivity index (χ2n) is 4.34. The van der Waals surface area contributed by atoms with Gasteiger partial charge < -0.3 is 9.52 Å². The van der Waals surface area contributed by atoms with Crippen LogP contribution in [0.2, 0.25) is 0 Å². The van der Waals surface area contributed by atoms with Crippen LogP contribution in [0.5, 0.6) is 0 Å². The topological polar surface area (TPSA) is 33.4 Å². The highest BCUT2D eigenvalue weighted by molar-refractivity contribution is 5.78. The highest BCUT2D eigenvalue weighted by Crippen LogP contribution is 2.31. The van der Waals surface area contributed by atoms with E-state index in [2.05, 4.69) is 0 Å². The summed E-state index contributed by atoms with van der Waals surface area (Å²) in [5.41, 5.74) is -0.578. The van der Waals surface area contributed by atoms with Crippen molar-refractivity contribution < 1.29 is 22.7 Å². The summed E-state index contributed by atoms with van der Waals surface area (Å²) in [6.45, 7) is 0. The first-order valence-electron chi connectivity index (χ1n) is 5.88. The van der Waals surface area contributed by atoms with Gasteiger partial charge in [0.05, 0.1) is 5.56 Å². The molecule has 102 valence electrons. The number of furan rings is 1. The lowest BCUT2D eigenvalue weighted by Gasteiger charge is -2.10. The molecule has 0 aliphatic carbocycles. The Morgan fingerprint density at radius 1 is 0.900 bits per heavy atom. The lowest BCUT2D eigenvalue weighted by Crippen LogP contribution is -2.04. The third-order valence-electron chi connectivity index (χ3n) is 3.06. The Kier molecular flexibility index (Phi) is 2.99. The summed E-state index contributed by atoms with van der Waals surface area (Å²) in [6, 6.07) is 8.87. The lowest BCUT2D eigenvalue weighted by molar-refractivity contribution is 0.182. The number of hydrogen-bond donors (Lipinski definition) is 1. The highest BCUT2D eigenvalue weighted by Gasteiger charge is 2.23. The minimum atomic E-state index is -1.64. The van der Waals surface area contributed by atoms with Crippen LogP contribution in [0.3, 0.4) is 0 Å². The molecule has 1 atom stereocenters. The Bertz CT molecular complexity index is 760. The van der Waals surface area contributed by atoms with Crippen LogP contribution in [0, 0.1) is 17.5 Å². The third-order valence-corrected chi connectivity index (χ3v) is 3.06. The molecule has 0 bridgehead atoms. The van der Waals surface area contributed by atoms with Crippen LogP contribution >= 0.6 is 0 Å². The molecule has 0 fully saturated rings. The molecule has 0 aliphatic heterocycles. The summed E-state index contributed by atoms with van der Waals surface area (Å²) in [5.74, 6) is -2.50. The largest absolute Gasteiger partial charge is 0.455 e. The Hall–Kier alpha value is -2.27. The van der Waals surface area contributed by atoms with E-state index in [1.807, 2.05) is 0 Å². The number of halogens is 3. The zero-order valence-electron chi connectivity index (χ0n) is 10.1. The van der Waals surface area contributed by atoms with Crippen molar-refractivity contribution in [2.24, 2.45) is 0 Å². The SMILES string of the molecule is OC(c1cc2cccc(F)c2o1)c1c(F)cccc1F. The van der Waals surface area contributed by atoms with E-state index in [4.69, 9.17) is 4.42 Å². The molecule has 0 aliphatic rings. The number of aliphatic hydroxyl groups is 1. The molecule has 0 radical (unpaired) electrons. The molecule has 2 aromatic carbocycles. The molecule has 1 aromatic heterocycles. The van der Waals surface area contributed by atoms with E-state index in [0.717, 1.165) is 12.1 Å². The molecule has 3 rings (SSSR count). The van der Waals surface area contributed by atoms with Crippen LogP contribution in [0.15, 0.2) is 46.9 Å². The van der Waals surface area contributed by atoms with E-state index in [0.29, 0.717) is 5.39 Å². The molecule has 0 saturated heterocycles. The van der Waals surface area contributed by atoms with Crippen molar-refractivity contribution in [3.05, 3.63) is 71.2 Å². The van der Waals surface area contributed by atoms with Crippen molar-refractivity contribution in [3.8, 4) is 0 Å². The smallest absolute Gasteiger partial charge is 0.170 e. The molecule has 0 spiro atoms. The van der Waals surface area contributed by atoms with Crippen molar-refractivity contribution in [2.45, 2.75) is 6.10 Å². The maximum absolute atomic E-state index is 13.6. The molecule has 5 heteroatoms. The van der Waals surface area contributed by atoms with Gasteiger partial charge >= 0.3 is 0 Å². The second-order valence-corrected chi connectivity index (χ2v) is 4.34. The number of para-hydroxylation sites is 1. The van der Waals surface area contributed by atoms with Gasteiger partial charge in [-0.15, -0.1) is 0 Å². The number of hydrogen-bond acceptors (Lipinski definition) is 2. The van der Waals surface area contributed by atoms with E-state index >= 15 is 0 Å². The van der Waals surface area contributed by atoms with Crippen molar-refractivity contribution in [2.75, 3.05) is 0 Å². The lowest BCUT2D eigenvalue weighted by atomic mass is 10.1. The molecule has 20 heavy (non-hydrogen) atoms. The Morgan fingerprint density at radius 3 is 2.15 bits per heavy atom. The Balaban J connectivity index is 2.13. The summed E-state index contributed by atoms with van der Waals surface area (Å²) >= 11 is 0. The minimum absolute atomic E-state index is 0.0571. The molecular formula is C15H9F3O2. The van der Waals surface area contributed by atoms with Gasteiger partial charge in [0.2, 0.25) is 0 Å². The standard InChI is InChI=1S/C15H9F3O2/c16-9-4-2-5-10(17)13(9)14(19)12-7-8-3-1-6-11(18)15(8)20-12/h1-7,14,19H. The second kappa shape index (κ2) is 4.68. The van der Waals surface area contributed by atoms with Crippen molar-refractivity contribution in [1.82, 2.24) is 0 Å². The highest BCUT2D eigenvalue weighted by atomic mass is 19.1. The predicted molar refractivity (Wildman–Crippen MR) is 66.6 cm³/mol. The summed E-state index contributed by atoms with van der Waals surface area (Å²) in [4.78, 5) is 0. The van der Waals surface area contributed by atoms with Gasteiger partial charge in [0.1, 0.15) is 23.5 Å². The van der Waals surface area contributed by atoms with Crippen LogP contribution in [0.4, 0.5) is 13.2 Å². The summed E-state index contributed by atoms with van der Waals surface area (Å²) < 4.78 is 45.9. The van der Waals surface area contributed by atoms with Crippen molar-refractivity contribution in [1.29, 1.82) is 0 Å². The van der Waals surface area contributed by atoms with Gasteiger partial charge in [-0.2, -0.15) is 0 Å². The van der Waals surface area contributed by atoms with Gasteiger partial charge in [-0.05, 0) is 24.3 Å². The average molecular weight is 278 g/mol. The van der Waals surface area contributed by atoms with Crippen LogP contribution < -0.4 is 0 Å². The molecule has 0 saturated carbocycles. The van der Waals surface area contributed by atoms with Crippen LogP contribution in [-0.2, 0) is 0 Å². The summed E-state index contributed by atoms with van der Waals surface area (Å²) in [6.07, 6.45) is -1.64. The van der Waals surface area contributed by atoms with E-state index in [-0.39, 0.29) is 11.3 Å². The first-order valence-corrected chi connectivity index (χ1v) is 5.88. The van der Waals surface area contributed by atoms with E-state index < -0.39 is 29.1 Å². The molecule has 1 heterocycles. The Labute approximate surface area is 112 Å². The van der Waals surface area contributed by atoms with Gasteiger partial charge in [0, 0.05) is 5.39 Å². The minimum Gasteiger partial charge on any atom is -0.455 e. The zero-order valence-corrected chi connectivity index (χ0v) is 10.1. The van der Waals surface area contributed by atoms with Crippen molar-refractivity contribution >= 4 is 11.0 Å². The zero-order chi connectivity index (χ0) is 14.3. The third kappa shape index (κ3) is 1.96. The first-order chi connectivity index (χ1) is 9.58. The maximum atomic E-state index is 13.6. The normalized spacial score (nSPS) is 12.8. The molecule has 3 aromatic rings. The van der Waals surface area contributed by atoms with Gasteiger partial charge in [-0.25, -0.2) is 13.2 Å². The number of fused-ring (bicyclic) bond motifs is 1. The quantitative estimate of drug-likeness (QED) is 0.770. The molecular weight excluding hydrogens is 269 g/mol. The number of rotatable bonds is 2. The average Bonchev–Trinajstić information content (AvgIpc) is 2.84. The van der Waals surface area contributed by atoms with Gasteiger partial charge in [-0.3, -0.25) is 0 Å². The fourth-order valence-electron chi connectivity index (χ4n) is 2.10. The summed E-state index contributed by atoms with van der Waals surface area (Å²) in [7, 11) is 0. The van der Waals surface area contributed by atoms with Crippen molar-refractivity contribution in [3.63, 3.8) is 0 Å². The molecule has 0 amide bonds. The Morgan fingerprint density at radius 2 is 1.50 bits per heavy atom. The fraction of sp³-hybridized carbons (Fsp3) is 0.0667. The van der Waals surface area contributed by atoms with Crippen LogP contribution in [-0.4, -0.2) is 5.11 Å². The van der Waals surface area contributed by atoms with E-state index in [1.165, 1.54) is 24.3 Å². The molecule has 1 unspecified atom stereocenters. The molecule has 2 nitrogen and oxygen atoms in total. The fourth-order valence-corrected chi connectivity index (χ4v) is 2.10. The maximum Gasteiger partial charge on any atom is 0.170 e. The molecule has 1 N–H and O–H groups in total. The monoisotopic (exact) mass is 278 g/mol. The van der Waals surface area contributed by atoms with Crippen LogP contribution in [0.25, 0.3) is 11.0 Å². The number of benzene rings is 2. The van der Waals surface area contributed by atoms with E-state index in [9.17, 15) is 18.3 Å². The first kappa shape index (κ1) is 12.7. The number of aliphatic hydroxyl groups excluding tert-OH is 1. The van der Waals surface area contributed by atoms with Gasteiger partial charge in [0.15, 0.2) is 11.4 Å². The van der Waals surface area contributed by atoms with Gasteiger partial charge in [0.25, 0.3) is 0 Å². The summed E-state index contributed by atoms with van der Waals surface area (Å²) in [5, 5.41) is 10.5. The predicted octanol–water partition coefficient (Wildman–Crippen LogP) is 3.93. The van der Waals surface area contributed by atoms with Crippen LogP contribution in [0.1, 0.15) is 17.4 Å². The van der Waals surface area contributed by atoms with Gasteiger partial charge in [-0.1, -0.05) is 18.2 Å².